The smallest absolute Gasteiger partial charge is 0.335 e. The number of hydrogen-bond acceptors (Lipinski definition) is 7. The molecule has 2 unspecified atom stereocenters. The molecule has 3 aromatic carbocycles. The lowest BCUT2D eigenvalue weighted by atomic mass is 9.94. The Hall–Kier alpha value is -5.12. The number of carboxylic acids is 1. The minimum absolute atomic E-state index is 0.00510. The normalized spacial score (nSPS) is 19.8. The number of nitrogens with zero attached hydrogens (tertiary/aromatic N) is 2. The summed E-state index contributed by atoms with van der Waals surface area (Å²) in [6, 6.07) is 15.3. The Morgan fingerprint density at radius 1 is 1.08 bits per heavy atom. The Balaban J connectivity index is 1.53. The standard InChI is InChI=1S/C29H23N3O7/c1-14-10-18-11-16(7-9-22(18)39-14)25(33)23-24(15-4-3-5-19(12-15)38-2)32(27(35)26(23)34)29-30-20-8-6-17(28(36)37)13-21(20)31-29/h3-9,11-14,24,33H,10H2,1-2H3,(H,30,31)(H,36,37)/b25-23+. The van der Waals surface area contributed by atoms with Crippen LogP contribution < -0.4 is 14.4 Å². The number of aromatic nitrogens is 2. The monoisotopic (exact) mass is 525 g/mol. The number of hydrogen-bond donors (Lipinski definition) is 3. The van der Waals surface area contributed by atoms with Crippen molar-refractivity contribution >= 4 is 40.4 Å². The summed E-state index contributed by atoms with van der Waals surface area (Å²) in [5.74, 6) is -1.95. The lowest BCUT2D eigenvalue weighted by molar-refractivity contribution is -0.132. The van der Waals surface area contributed by atoms with Crippen LogP contribution in [0.15, 0.2) is 66.2 Å². The first kappa shape index (κ1) is 24.2. The molecule has 0 radical (unpaired) electrons. The molecule has 2 atom stereocenters. The van der Waals surface area contributed by atoms with E-state index in [1.807, 2.05) is 6.92 Å². The number of ether oxygens (including phenoxy) is 2. The number of ketones is 1. The third kappa shape index (κ3) is 3.97. The second-order valence-corrected chi connectivity index (χ2v) is 9.50. The molecule has 10 nitrogen and oxygen atoms in total. The fourth-order valence-corrected chi connectivity index (χ4v) is 5.15. The van der Waals surface area contributed by atoms with Gasteiger partial charge in [-0.3, -0.25) is 14.5 Å². The molecule has 0 aliphatic carbocycles. The van der Waals surface area contributed by atoms with E-state index in [-0.39, 0.29) is 28.9 Å². The summed E-state index contributed by atoms with van der Waals surface area (Å²) in [6.45, 7) is 1.95. The second-order valence-electron chi connectivity index (χ2n) is 9.50. The largest absolute Gasteiger partial charge is 0.507 e. The number of carbonyl (C=O) groups is 3. The summed E-state index contributed by atoms with van der Waals surface area (Å²) >= 11 is 0. The highest BCUT2D eigenvalue weighted by molar-refractivity contribution is 6.51. The van der Waals surface area contributed by atoms with Crippen molar-refractivity contribution in [2.45, 2.75) is 25.5 Å². The van der Waals surface area contributed by atoms with E-state index in [0.29, 0.717) is 40.1 Å². The Morgan fingerprint density at radius 3 is 2.64 bits per heavy atom. The second kappa shape index (κ2) is 9.02. The molecule has 3 heterocycles. The van der Waals surface area contributed by atoms with Crippen molar-refractivity contribution in [2.24, 2.45) is 0 Å². The molecule has 2 aliphatic rings. The highest BCUT2D eigenvalue weighted by atomic mass is 16.5. The van der Waals surface area contributed by atoms with Gasteiger partial charge in [0.1, 0.15) is 23.4 Å². The zero-order chi connectivity index (χ0) is 27.4. The van der Waals surface area contributed by atoms with Gasteiger partial charge in [0.05, 0.1) is 35.3 Å². The fourth-order valence-electron chi connectivity index (χ4n) is 5.15. The number of aromatic amines is 1. The van der Waals surface area contributed by atoms with Crippen LogP contribution in [-0.4, -0.2) is 51.1 Å². The van der Waals surface area contributed by atoms with Gasteiger partial charge >= 0.3 is 11.9 Å². The summed E-state index contributed by atoms with van der Waals surface area (Å²) in [5.41, 5.74) is 2.52. The van der Waals surface area contributed by atoms with Crippen LogP contribution in [0.3, 0.4) is 0 Å². The minimum Gasteiger partial charge on any atom is -0.507 e. The zero-order valence-corrected chi connectivity index (χ0v) is 21.0. The van der Waals surface area contributed by atoms with Crippen molar-refractivity contribution in [1.29, 1.82) is 0 Å². The van der Waals surface area contributed by atoms with Crippen LogP contribution >= 0.6 is 0 Å². The van der Waals surface area contributed by atoms with Gasteiger partial charge in [0.15, 0.2) is 0 Å². The molecule has 39 heavy (non-hydrogen) atoms. The summed E-state index contributed by atoms with van der Waals surface area (Å²) < 4.78 is 11.1. The maximum atomic E-state index is 13.5. The lowest BCUT2D eigenvalue weighted by Gasteiger charge is -2.23. The number of imidazole rings is 1. The van der Waals surface area contributed by atoms with Crippen LogP contribution in [0.5, 0.6) is 11.5 Å². The molecule has 1 saturated heterocycles. The first-order valence-corrected chi connectivity index (χ1v) is 12.2. The number of H-pyrrole nitrogens is 1. The maximum absolute atomic E-state index is 13.5. The number of benzene rings is 3. The Bertz CT molecular complexity index is 1720. The van der Waals surface area contributed by atoms with Crippen molar-refractivity contribution in [2.75, 3.05) is 12.0 Å². The van der Waals surface area contributed by atoms with Gasteiger partial charge in [0.25, 0.3) is 5.78 Å². The van der Waals surface area contributed by atoms with E-state index in [2.05, 4.69) is 9.97 Å². The van der Waals surface area contributed by atoms with Crippen molar-refractivity contribution in [3.63, 3.8) is 0 Å². The van der Waals surface area contributed by atoms with Crippen molar-refractivity contribution in [3.05, 3.63) is 88.5 Å². The Morgan fingerprint density at radius 2 is 1.87 bits per heavy atom. The molecular weight excluding hydrogens is 502 g/mol. The predicted molar refractivity (Wildman–Crippen MR) is 141 cm³/mol. The van der Waals surface area contributed by atoms with Crippen molar-refractivity contribution in [3.8, 4) is 11.5 Å². The molecule has 10 heteroatoms. The van der Waals surface area contributed by atoms with Gasteiger partial charge in [-0.25, -0.2) is 9.78 Å². The lowest BCUT2D eigenvalue weighted by Crippen LogP contribution is -2.30. The molecule has 2 aliphatic heterocycles. The number of anilines is 1. The molecule has 1 aromatic heterocycles. The van der Waals surface area contributed by atoms with Crippen LogP contribution in [-0.2, 0) is 16.0 Å². The highest BCUT2D eigenvalue weighted by Gasteiger charge is 2.48. The average molecular weight is 526 g/mol. The third-order valence-corrected chi connectivity index (χ3v) is 6.97. The van der Waals surface area contributed by atoms with E-state index in [4.69, 9.17) is 9.47 Å². The number of carboxylic acid groups (broad SMARTS) is 1. The molecule has 0 saturated carbocycles. The fraction of sp³-hybridized carbons (Fsp3) is 0.172. The van der Waals surface area contributed by atoms with Crippen LogP contribution in [0.25, 0.3) is 16.8 Å². The van der Waals surface area contributed by atoms with E-state index in [1.54, 1.807) is 42.5 Å². The zero-order valence-electron chi connectivity index (χ0n) is 21.0. The van der Waals surface area contributed by atoms with Crippen molar-refractivity contribution in [1.82, 2.24) is 9.97 Å². The van der Waals surface area contributed by atoms with Crippen LogP contribution in [0.2, 0.25) is 0 Å². The first-order valence-electron chi connectivity index (χ1n) is 12.2. The highest BCUT2D eigenvalue weighted by Crippen LogP contribution is 2.43. The number of amides is 1. The Kier molecular flexibility index (Phi) is 5.60. The third-order valence-electron chi connectivity index (χ3n) is 6.97. The van der Waals surface area contributed by atoms with E-state index in [9.17, 15) is 24.6 Å². The summed E-state index contributed by atoms with van der Waals surface area (Å²) in [6.07, 6.45) is 0.649. The summed E-state index contributed by atoms with van der Waals surface area (Å²) in [7, 11) is 1.50. The van der Waals surface area contributed by atoms with Crippen LogP contribution in [0.1, 0.15) is 40.0 Å². The molecule has 0 bridgehead atoms. The van der Waals surface area contributed by atoms with Gasteiger partial charge in [0, 0.05) is 12.0 Å². The average Bonchev–Trinajstić information content (AvgIpc) is 3.59. The number of nitrogens with one attached hydrogen (secondary N) is 1. The molecule has 196 valence electrons. The van der Waals surface area contributed by atoms with E-state index >= 15 is 0 Å². The number of methoxy groups -OCH3 is 1. The van der Waals surface area contributed by atoms with Crippen molar-refractivity contribution < 1.29 is 34.1 Å². The SMILES string of the molecule is COc1cccc(C2/C(=C(\O)c3ccc4c(c3)CC(C)O4)C(=O)C(=O)N2c2nc3ccc(C(=O)O)cc3[nH]2)c1. The summed E-state index contributed by atoms with van der Waals surface area (Å²) in [5, 5.41) is 20.8. The molecule has 3 N–H and O–H groups in total. The topological polar surface area (TPSA) is 142 Å². The van der Waals surface area contributed by atoms with Crippen LogP contribution in [0.4, 0.5) is 5.95 Å². The van der Waals surface area contributed by atoms with E-state index in [0.717, 1.165) is 5.56 Å². The number of aliphatic hydroxyl groups is 1. The van der Waals surface area contributed by atoms with Crippen LogP contribution in [0, 0.1) is 0 Å². The molecule has 4 aromatic rings. The van der Waals surface area contributed by atoms with Gasteiger partial charge in [-0.1, -0.05) is 12.1 Å². The van der Waals surface area contributed by atoms with Gasteiger partial charge in [-0.15, -0.1) is 0 Å². The molecule has 0 spiro atoms. The number of rotatable bonds is 5. The molecular formula is C29H23N3O7. The molecule has 1 amide bonds. The minimum atomic E-state index is -1.11. The number of aliphatic hydroxyl groups excluding tert-OH is 1. The number of aromatic carboxylic acids is 1. The number of Topliss-reactive ketones (excluding diaryl/α,β-unsaturated/α-hetero) is 1. The van der Waals surface area contributed by atoms with E-state index < -0.39 is 23.7 Å². The summed E-state index contributed by atoms with van der Waals surface area (Å²) in [4.78, 5) is 47.1. The van der Waals surface area contributed by atoms with Gasteiger partial charge < -0.3 is 24.7 Å². The maximum Gasteiger partial charge on any atom is 0.335 e. The van der Waals surface area contributed by atoms with Gasteiger partial charge in [-0.05, 0) is 66.6 Å². The molecule has 6 rings (SSSR count). The number of carbonyl (C=O) groups excluding carboxylic acids is 2. The number of fused-ring (bicyclic) bond motifs is 2. The predicted octanol–water partition coefficient (Wildman–Crippen LogP) is 4.22. The first-order chi connectivity index (χ1) is 18.7. The molecule has 1 fully saturated rings. The van der Waals surface area contributed by atoms with Gasteiger partial charge in [-0.2, -0.15) is 0 Å². The quantitative estimate of drug-likeness (QED) is 0.200. The Labute approximate surface area is 222 Å². The van der Waals surface area contributed by atoms with Gasteiger partial charge in [0.2, 0.25) is 5.95 Å². The van der Waals surface area contributed by atoms with E-state index in [1.165, 1.54) is 30.2 Å².